The molecule has 15 heavy (non-hydrogen) atoms. The fourth-order valence-corrected chi connectivity index (χ4v) is 1.32. The molecule has 0 saturated heterocycles. The summed E-state index contributed by atoms with van der Waals surface area (Å²) in [6.07, 6.45) is 0. The lowest BCUT2D eigenvalue weighted by Gasteiger charge is -2.20. The van der Waals surface area contributed by atoms with Crippen LogP contribution in [0.2, 0.25) is 0 Å². The van der Waals surface area contributed by atoms with Gasteiger partial charge in [-0.2, -0.15) is 0 Å². The van der Waals surface area contributed by atoms with Crippen LogP contribution in [0, 0.1) is 5.82 Å². The largest absolute Gasteiger partial charge is 0.493 e. The molecule has 0 fully saturated rings. The van der Waals surface area contributed by atoms with Crippen LogP contribution in [0.15, 0.2) is 12.1 Å². The van der Waals surface area contributed by atoms with Gasteiger partial charge in [0.15, 0.2) is 11.5 Å². The van der Waals surface area contributed by atoms with Crippen LogP contribution in [0.3, 0.4) is 0 Å². The predicted molar refractivity (Wildman–Crippen MR) is 54.7 cm³/mol. The van der Waals surface area contributed by atoms with E-state index in [1.165, 1.54) is 40.2 Å². The van der Waals surface area contributed by atoms with Gasteiger partial charge in [0.05, 0.1) is 19.8 Å². The van der Waals surface area contributed by atoms with E-state index in [0.717, 1.165) is 0 Å². The first-order chi connectivity index (χ1) is 6.90. The van der Waals surface area contributed by atoms with Crippen molar-refractivity contribution in [2.45, 2.75) is 19.4 Å². The summed E-state index contributed by atoms with van der Waals surface area (Å²) in [5.41, 5.74) is -1.07. The summed E-state index contributed by atoms with van der Waals surface area (Å²) in [5, 5.41) is 9.72. The van der Waals surface area contributed by atoms with E-state index in [4.69, 9.17) is 9.47 Å². The van der Waals surface area contributed by atoms with Gasteiger partial charge < -0.3 is 14.6 Å². The third-order valence-corrected chi connectivity index (χ3v) is 2.13. The van der Waals surface area contributed by atoms with E-state index < -0.39 is 11.4 Å². The number of hydrogen-bond donors (Lipinski definition) is 1. The van der Waals surface area contributed by atoms with Crippen LogP contribution in [0.1, 0.15) is 19.4 Å². The van der Waals surface area contributed by atoms with Gasteiger partial charge in [0.2, 0.25) is 0 Å². The van der Waals surface area contributed by atoms with Crippen molar-refractivity contribution in [2.24, 2.45) is 0 Å². The van der Waals surface area contributed by atoms with Crippen molar-refractivity contribution in [2.75, 3.05) is 14.2 Å². The molecule has 0 aromatic heterocycles. The highest BCUT2D eigenvalue weighted by atomic mass is 19.1. The number of methoxy groups -OCH3 is 2. The number of rotatable bonds is 3. The molecule has 0 saturated carbocycles. The molecule has 0 radical (unpaired) electrons. The molecule has 1 rings (SSSR count). The van der Waals surface area contributed by atoms with Crippen molar-refractivity contribution >= 4 is 0 Å². The molecule has 1 aromatic carbocycles. The third kappa shape index (κ3) is 2.39. The van der Waals surface area contributed by atoms with Gasteiger partial charge >= 0.3 is 0 Å². The predicted octanol–water partition coefficient (Wildman–Crippen LogP) is 2.07. The van der Waals surface area contributed by atoms with Crippen LogP contribution in [0.25, 0.3) is 0 Å². The van der Waals surface area contributed by atoms with E-state index in [-0.39, 0.29) is 5.56 Å². The van der Waals surface area contributed by atoms with Gasteiger partial charge in [-0.3, -0.25) is 0 Å². The first-order valence-electron chi connectivity index (χ1n) is 4.54. The lowest BCUT2D eigenvalue weighted by atomic mass is 9.97. The average molecular weight is 214 g/mol. The quantitative estimate of drug-likeness (QED) is 0.837. The minimum atomic E-state index is -1.25. The molecular weight excluding hydrogens is 199 g/mol. The first-order valence-corrected chi connectivity index (χ1v) is 4.54. The van der Waals surface area contributed by atoms with Crippen molar-refractivity contribution in [3.05, 3.63) is 23.5 Å². The standard InChI is InChI=1S/C11H15FO3/c1-11(2,13)7-5-9(14-3)10(15-4)6-8(7)12/h5-6,13H,1-4H3. The van der Waals surface area contributed by atoms with E-state index in [0.29, 0.717) is 11.5 Å². The maximum absolute atomic E-state index is 13.6. The number of halogens is 1. The zero-order valence-corrected chi connectivity index (χ0v) is 9.30. The fraction of sp³-hybridized carbons (Fsp3) is 0.455. The highest BCUT2D eigenvalue weighted by Crippen LogP contribution is 2.34. The number of ether oxygens (including phenoxy) is 2. The molecule has 1 N–H and O–H groups in total. The van der Waals surface area contributed by atoms with E-state index >= 15 is 0 Å². The second-order valence-electron chi connectivity index (χ2n) is 3.75. The van der Waals surface area contributed by atoms with E-state index in [2.05, 4.69) is 0 Å². The summed E-state index contributed by atoms with van der Waals surface area (Å²) in [5.74, 6) is 0.194. The second kappa shape index (κ2) is 4.06. The molecule has 0 aliphatic heterocycles. The Morgan fingerprint density at radius 2 is 1.60 bits per heavy atom. The highest BCUT2D eigenvalue weighted by molar-refractivity contribution is 5.45. The topological polar surface area (TPSA) is 38.7 Å². The van der Waals surface area contributed by atoms with Crippen LogP contribution < -0.4 is 9.47 Å². The lowest BCUT2D eigenvalue weighted by molar-refractivity contribution is 0.0741. The summed E-state index contributed by atoms with van der Waals surface area (Å²) in [7, 11) is 2.89. The zero-order valence-electron chi connectivity index (χ0n) is 9.30. The molecule has 84 valence electrons. The molecule has 0 heterocycles. The molecule has 3 nitrogen and oxygen atoms in total. The molecular formula is C11H15FO3. The maximum Gasteiger partial charge on any atom is 0.163 e. The normalized spacial score (nSPS) is 11.3. The van der Waals surface area contributed by atoms with Gasteiger partial charge in [-0.05, 0) is 19.9 Å². The van der Waals surface area contributed by atoms with E-state index in [1.54, 1.807) is 0 Å². The summed E-state index contributed by atoms with van der Waals surface area (Å²) >= 11 is 0. The Kier molecular flexibility index (Phi) is 3.19. The molecule has 0 aliphatic rings. The second-order valence-corrected chi connectivity index (χ2v) is 3.75. The van der Waals surface area contributed by atoms with Crippen molar-refractivity contribution in [1.82, 2.24) is 0 Å². The Hall–Kier alpha value is -1.29. The van der Waals surface area contributed by atoms with Crippen molar-refractivity contribution in [1.29, 1.82) is 0 Å². The molecule has 0 unspecified atom stereocenters. The molecule has 0 amide bonds. The Bertz CT molecular complexity index is 356. The summed E-state index contributed by atoms with van der Waals surface area (Å²) in [6, 6.07) is 2.64. The summed E-state index contributed by atoms with van der Waals surface area (Å²) in [4.78, 5) is 0. The molecule has 0 aliphatic carbocycles. The van der Waals surface area contributed by atoms with Crippen LogP contribution in [-0.2, 0) is 5.60 Å². The van der Waals surface area contributed by atoms with Gasteiger partial charge in [0, 0.05) is 11.6 Å². The van der Waals surface area contributed by atoms with Gasteiger partial charge in [-0.25, -0.2) is 4.39 Å². The van der Waals surface area contributed by atoms with Gasteiger partial charge in [0.1, 0.15) is 5.82 Å². The Labute approximate surface area is 88.4 Å². The fourth-order valence-electron chi connectivity index (χ4n) is 1.32. The van der Waals surface area contributed by atoms with Gasteiger partial charge in [-0.15, -0.1) is 0 Å². The van der Waals surface area contributed by atoms with Crippen LogP contribution in [0.4, 0.5) is 4.39 Å². The molecule has 0 atom stereocenters. The monoisotopic (exact) mass is 214 g/mol. The van der Waals surface area contributed by atoms with Gasteiger partial charge in [0.25, 0.3) is 0 Å². The SMILES string of the molecule is COc1cc(F)c(C(C)(C)O)cc1OC. The molecule has 4 heteroatoms. The smallest absolute Gasteiger partial charge is 0.163 e. The Balaban J connectivity index is 3.32. The molecule has 0 spiro atoms. The minimum Gasteiger partial charge on any atom is -0.493 e. The van der Waals surface area contributed by atoms with Crippen LogP contribution in [0.5, 0.6) is 11.5 Å². The summed E-state index contributed by atoms with van der Waals surface area (Å²) in [6.45, 7) is 3.02. The van der Waals surface area contributed by atoms with Crippen LogP contribution in [-0.4, -0.2) is 19.3 Å². The van der Waals surface area contributed by atoms with Gasteiger partial charge in [-0.1, -0.05) is 0 Å². The number of aliphatic hydroxyl groups is 1. The number of hydrogen-bond acceptors (Lipinski definition) is 3. The van der Waals surface area contributed by atoms with Crippen molar-refractivity contribution < 1.29 is 19.0 Å². The highest BCUT2D eigenvalue weighted by Gasteiger charge is 2.23. The third-order valence-electron chi connectivity index (χ3n) is 2.13. The maximum atomic E-state index is 13.6. The first kappa shape index (κ1) is 11.8. The summed E-state index contributed by atoms with van der Waals surface area (Å²) < 4.78 is 23.5. The minimum absolute atomic E-state index is 0.181. The Morgan fingerprint density at radius 3 is 2.00 bits per heavy atom. The van der Waals surface area contributed by atoms with E-state index in [1.807, 2.05) is 0 Å². The Morgan fingerprint density at radius 1 is 1.13 bits per heavy atom. The average Bonchev–Trinajstić information content (AvgIpc) is 2.15. The lowest BCUT2D eigenvalue weighted by Crippen LogP contribution is -2.17. The van der Waals surface area contributed by atoms with Crippen molar-refractivity contribution in [3.8, 4) is 11.5 Å². The zero-order chi connectivity index (χ0) is 11.6. The van der Waals surface area contributed by atoms with Crippen molar-refractivity contribution in [3.63, 3.8) is 0 Å². The van der Waals surface area contributed by atoms with Crippen LogP contribution >= 0.6 is 0 Å². The van der Waals surface area contributed by atoms with E-state index in [9.17, 15) is 9.50 Å². The number of benzene rings is 1. The molecule has 1 aromatic rings. The molecule has 0 bridgehead atoms.